The Bertz CT molecular complexity index is 397. The molecule has 0 saturated carbocycles. The molecule has 0 aromatic heterocycles. The molecule has 1 saturated heterocycles. The van der Waals surface area contributed by atoms with Crippen molar-refractivity contribution in [1.82, 2.24) is 4.90 Å². The molecule has 0 radical (unpaired) electrons. The van der Waals surface area contributed by atoms with Crippen LogP contribution in [0.2, 0.25) is 0 Å². The summed E-state index contributed by atoms with van der Waals surface area (Å²) in [5.74, 6) is 0. The van der Waals surface area contributed by atoms with E-state index in [4.69, 9.17) is 0 Å². The van der Waals surface area contributed by atoms with E-state index in [-0.39, 0.29) is 0 Å². The van der Waals surface area contributed by atoms with Crippen molar-refractivity contribution in [3.63, 3.8) is 0 Å². The van der Waals surface area contributed by atoms with Crippen molar-refractivity contribution >= 4 is 6.29 Å². The highest BCUT2D eigenvalue weighted by Crippen LogP contribution is 2.30. The standard InChI is InChI=1S/C14H18FNO/c1-16-7-5-14(15,6-8-16)10-12-3-2-4-13(9-12)11-17/h2-4,9,11H,5-8,10H2,1H3. The highest BCUT2D eigenvalue weighted by molar-refractivity contribution is 5.74. The predicted molar refractivity (Wildman–Crippen MR) is 66.1 cm³/mol. The highest BCUT2D eigenvalue weighted by atomic mass is 19.1. The Morgan fingerprint density at radius 3 is 2.76 bits per heavy atom. The molecule has 92 valence electrons. The fraction of sp³-hybridized carbons (Fsp3) is 0.500. The topological polar surface area (TPSA) is 20.3 Å². The summed E-state index contributed by atoms with van der Waals surface area (Å²) in [6.45, 7) is 1.62. The minimum Gasteiger partial charge on any atom is -0.306 e. The summed E-state index contributed by atoms with van der Waals surface area (Å²) in [4.78, 5) is 12.8. The van der Waals surface area contributed by atoms with E-state index in [2.05, 4.69) is 4.90 Å². The number of nitrogens with zero attached hydrogens (tertiary/aromatic N) is 1. The molecule has 1 fully saturated rings. The van der Waals surface area contributed by atoms with E-state index in [9.17, 15) is 9.18 Å². The van der Waals surface area contributed by atoms with E-state index in [1.807, 2.05) is 19.2 Å². The van der Waals surface area contributed by atoms with Gasteiger partial charge >= 0.3 is 0 Å². The molecule has 0 aliphatic carbocycles. The summed E-state index contributed by atoms with van der Waals surface area (Å²) in [6, 6.07) is 7.24. The van der Waals surface area contributed by atoms with Crippen molar-refractivity contribution in [2.24, 2.45) is 0 Å². The monoisotopic (exact) mass is 235 g/mol. The number of aldehydes is 1. The molecule has 0 N–H and O–H groups in total. The Balaban J connectivity index is 2.06. The second kappa shape index (κ2) is 4.96. The van der Waals surface area contributed by atoms with Gasteiger partial charge in [0.05, 0.1) is 0 Å². The first kappa shape index (κ1) is 12.2. The van der Waals surface area contributed by atoms with Gasteiger partial charge in [-0.25, -0.2) is 4.39 Å². The molecule has 0 amide bonds. The number of carbonyl (C=O) groups is 1. The lowest BCUT2D eigenvalue weighted by molar-refractivity contribution is 0.0697. The van der Waals surface area contributed by atoms with Gasteiger partial charge in [0.25, 0.3) is 0 Å². The molecule has 1 aromatic carbocycles. The smallest absolute Gasteiger partial charge is 0.150 e. The zero-order valence-corrected chi connectivity index (χ0v) is 10.2. The van der Waals surface area contributed by atoms with Crippen molar-refractivity contribution in [2.45, 2.75) is 24.9 Å². The van der Waals surface area contributed by atoms with Gasteiger partial charge in [-0.05, 0) is 31.5 Å². The highest BCUT2D eigenvalue weighted by Gasteiger charge is 2.33. The summed E-state index contributed by atoms with van der Waals surface area (Å²) < 4.78 is 14.6. The van der Waals surface area contributed by atoms with Gasteiger partial charge in [-0.3, -0.25) is 4.79 Å². The van der Waals surface area contributed by atoms with Crippen LogP contribution in [0, 0.1) is 0 Å². The van der Waals surface area contributed by atoms with Crippen LogP contribution in [0.15, 0.2) is 24.3 Å². The third-order valence-electron chi connectivity index (χ3n) is 3.49. The first-order valence-corrected chi connectivity index (χ1v) is 6.03. The lowest BCUT2D eigenvalue weighted by Crippen LogP contribution is -2.41. The maximum absolute atomic E-state index is 14.6. The third-order valence-corrected chi connectivity index (χ3v) is 3.49. The van der Waals surface area contributed by atoms with E-state index in [0.29, 0.717) is 24.8 Å². The number of rotatable bonds is 3. The number of alkyl halides is 1. The van der Waals surface area contributed by atoms with Crippen molar-refractivity contribution in [2.75, 3.05) is 20.1 Å². The molecular weight excluding hydrogens is 217 g/mol. The van der Waals surface area contributed by atoms with Crippen molar-refractivity contribution in [1.29, 1.82) is 0 Å². The van der Waals surface area contributed by atoms with Gasteiger partial charge in [0.1, 0.15) is 12.0 Å². The van der Waals surface area contributed by atoms with Gasteiger partial charge in [0.2, 0.25) is 0 Å². The van der Waals surface area contributed by atoms with Gasteiger partial charge in [-0.2, -0.15) is 0 Å². The Kier molecular flexibility index (Phi) is 3.57. The minimum atomic E-state index is -1.10. The maximum atomic E-state index is 14.6. The summed E-state index contributed by atoms with van der Waals surface area (Å²) in [6.07, 6.45) is 2.38. The molecule has 0 atom stereocenters. The van der Waals surface area contributed by atoms with Crippen LogP contribution in [0.3, 0.4) is 0 Å². The molecule has 17 heavy (non-hydrogen) atoms. The lowest BCUT2D eigenvalue weighted by atomic mass is 9.87. The summed E-state index contributed by atoms with van der Waals surface area (Å²) in [7, 11) is 2.02. The Hall–Kier alpha value is -1.22. The third kappa shape index (κ3) is 3.13. The number of likely N-dealkylation sites (tertiary alicyclic amines) is 1. The average Bonchev–Trinajstić information content (AvgIpc) is 2.33. The van der Waals surface area contributed by atoms with Gasteiger partial charge in [-0.1, -0.05) is 18.2 Å². The Morgan fingerprint density at radius 1 is 1.41 bits per heavy atom. The molecular formula is C14H18FNO. The largest absolute Gasteiger partial charge is 0.306 e. The van der Waals surface area contributed by atoms with E-state index in [0.717, 1.165) is 24.9 Å². The maximum Gasteiger partial charge on any atom is 0.150 e. The molecule has 0 unspecified atom stereocenters. The molecule has 0 bridgehead atoms. The SMILES string of the molecule is CN1CCC(F)(Cc2cccc(C=O)c2)CC1. The fourth-order valence-corrected chi connectivity index (χ4v) is 2.34. The van der Waals surface area contributed by atoms with E-state index in [1.165, 1.54) is 0 Å². The van der Waals surface area contributed by atoms with Crippen LogP contribution in [0.1, 0.15) is 28.8 Å². The van der Waals surface area contributed by atoms with E-state index in [1.54, 1.807) is 12.1 Å². The van der Waals surface area contributed by atoms with Gasteiger partial charge < -0.3 is 4.90 Å². The molecule has 1 aliphatic rings. The van der Waals surface area contributed by atoms with E-state index < -0.39 is 5.67 Å². The van der Waals surface area contributed by atoms with Crippen LogP contribution in [0.5, 0.6) is 0 Å². The van der Waals surface area contributed by atoms with Gasteiger partial charge in [0, 0.05) is 25.1 Å². The molecule has 2 rings (SSSR count). The van der Waals surface area contributed by atoms with Crippen LogP contribution < -0.4 is 0 Å². The first-order valence-electron chi connectivity index (χ1n) is 6.03. The molecule has 1 heterocycles. The molecule has 2 nitrogen and oxygen atoms in total. The van der Waals surface area contributed by atoms with Crippen LogP contribution >= 0.6 is 0 Å². The van der Waals surface area contributed by atoms with Crippen LogP contribution in [-0.2, 0) is 6.42 Å². The first-order chi connectivity index (χ1) is 8.11. The number of carbonyl (C=O) groups excluding carboxylic acids is 1. The minimum absolute atomic E-state index is 0.419. The van der Waals surface area contributed by atoms with Crippen molar-refractivity contribution in [3.05, 3.63) is 35.4 Å². The normalized spacial score (nSPS) is 20.1. The van der Waals surface area contributed by atoms with Crippen LogP contribution in [0.4, 0.5) is 4.39 Å². The van der Waals surface area contributed by atoms with Gasteiger partial charge in [-0.15, -0.1) is 0 Å². The molecule has 1 aromatic rings. The Labute approximate surface area is 101 Å². The number of hydrogen-bond donors (Lipinski definition) is 0. The summed E-state index contributed by atoms with van der Waals surface area (Å²) >= 11 is 0. The lowest BCUT2D eigenvalue weighted by Gasteiger charge is -2.34. The zero-order valence-electron chi connectivity index (χ0n) is 10.2. The second-order valence-electron chi connectivity index (χ2n) is 4.99. The van der Waals surface area contributed by atoms with Crippen LogP contribution in [0.25, 0.3) is 0 Å². The van der Waals surface area contributed by atoms with Gasteiger partial charge in [0.15, 0.2) is 0 Å². The summed E-state index contributed by atoms with van der Waals surface area (Å²) in [5.41, 5.74) is 0.439. The molecule has 0 spiro atoms. The number of halogens is 1. The Morgan fingerprint density at radius 2 is 2.12 bits per heavy atom. The average molecular weight is 235 g/mol. The number of hydrogen-bond acceptors (Lipinski definition) is 2. The zero-order chi connectivity index (χ0) is 12.3. The van der Waals surface area contributed by atoms with Crippen molar-refractivity contribution < 1.29 is 9.18 Å². The van der Waals surface area contributed by atoms with Crippen molar-refractivity contribution in [3.8, 4) is 0 Å². The number of piperidine rings is 1. The molecule has 1 aliphatic heterocycles. The number of benzene rings is 1. The van der Waals surface area contributed by atoms with Crippen LogP contribution in [-0.4, -0.2) is 37.0 Å². The molecule has 3 heteroatoms. The quantitative estimate of drug-likeness (QED) is 0.750. The predicted octanol–water partition coefficient (Wildman–Crippen LogP) is 2.48. The fourth-order valence-electron chi connectivity index (χ4n) is 2.34. The summed E-state index contributed by atoms with van der Waals surface area (Å²) in [5, 5.41) is 0. The second-order valence-corrected chi connectivity index (χ2v) is 4.99. The van der Waals surface area contributed by atoms with E-state index >= 15 is 0 Å².